The van der Waals surface area contributed by atoms with Crippen LogP contribution in [0.5, 0.6) is 5.75 Å². The van der Waals surface area contributed by atoms with Gasteiger partial charge in [0.2, 0.25) is 0 Å². The highest BCUT2D eigenvalue weighted by atomic mass is 16.5. The molecule has 0 aliphatic carbocycles. The highest BCUT2D eigenvalue weighted by molar-refractivity contribution is 5.78. The van der Waals surface area contributed by atoms with Gasteiger partial charge in [0.05, 0.1) is 17.6 Å². The molecule has 5 heteroatoms. The van der Waals surface area contributed by atoms with Gasteiger partial charge in [-0.15, -0.1) is 0 Å². The number of nitrogens with one attached hydrogen (secondary N) is 1. The molecule has 164 valence electrons. The lowest BCUT2D eigenvalue weighted by atomic mass is 10.1. The second-order valence-electron chi connectivity index (χ2n) is 8.09. The lowest BCUT2D eigenvalue weighted by molar-refractivity contribution is -0.123. The molecule has 4 aromatic rings. The van der Waals surface area contributed by atoms with E-state index in [4.69, 9.17) is 9.72 Å². The van der Waals surface area contributed by atoms with Crippen LogP contribution in [0.25, 0.3) is 11.0 Å². The molecule has 0 unspecified atom stereocenters. The van der Waals surface area contributed by atoms with E-state index < -0.39 is 0 Å². The highest BCUT2D eigenvalue weighted by Gasteiger charge is 2.12. The quantitative estimate of drug-likeness (QED) is 0.410. The van der Waals surface area contributed by atoms with Gasteiger partial charge in [-0.3, -0.25) is 4.79 Å². The maximum Gasteiger partial charge on any atom is 0.258 e. The first-order valence-electron chi connectivity index (χ1n) is 11.0. The first-order valence-corrected chi connectivity index (χ1v) is 11.0. The molecule has 1 N–H and O–H groups in total. The number of ether oxygens (including phenoxy) is 1. The van der Waals surface area contributed by atoms with Gasteiger partial charge in [0.15, 0.2) is 6.61 Å². The van der Waals surface area contributed by atoms with E-state index >= 15 is 0 Å². The van der Waals surface area contributed by atoms with Crippen LogP contribution in [0, 0.1) is 13.8 Å². The summed E-state index contributed by atoms with van der Waals surface area (Å²) < 4.78 is 7.94. The summed E-state index contributed by atoms with van der Waals surface area (Å²) in [7, 11) is 0. The van der Waals surface area contributed by atoms with Gasteiger partial charge in [0, 0.05) is 6.54 Å². The SMILES string of the molecule is Cc1ccc(C)c(OCC(=O)NCc2nc3ccccc3n2CCCc2ccccc2)c1. The Morgan fingerprint density at radius 3 is 2.62 bits per heavy atom. The summed E-state index contributed by atoms with van der Waals surface area (Å²) >= 11 is 0. The van der Waals surface area contributed by atoms with E-state index in [0.29, 0.717) is 6.54 Å². The Kier molecular flexibility index (Phi) is 6.85. The van der Waals surface area contributed by atoms with Gasteiger partial charge in [-0.1, -0.05) is 54.6 Å². The fourth-order valence-electron chi connectivity index (χ4n) is 3.83. The molecule has 3 aromatic carbocycles. The minimum absolute atomic E-state index is 0.0153. The minimum Gasteiger partial charge on any atom is -0.483 e. The van der Waals surface area contributed by atoms with Crippen LogP contribution in [0.15, 0.2) is 72.8 Å². The number of hydrogen-bond acceptors (Lipinski definition) is 3. The second kappa shape index (κ2) is 10.1. The molecule has 0 aliphatic heterocycles. The predicted molar refractivity (Wildman–Crippen MR) is 128 cm³/mol. The van der Waals surface area contributed by atoms with Gasteiger partial charge >= 0.3 is 0 Å². The number of aromatic nitrogens is 2. The molecule has 0 atom stereocenters. The zero-order valence-corrected chi connectivity index (χ0v) is 18.7. The zero-order chi connectivity index (χ0) is 22.3. The van der Waals surface area contributed by atoms with E-state index in [1.807, 2.05) is 56.3 Å². The van der Waals surface area contributed by atoms with Gasteiger partial charge in [0.25, 0.3) is 5.91 Å². The Bertz CT molecular complexity index is 1200. The summed E-state index contributed by atoms with van der Waals surface area (Å²) in [5, 5.41) is 2.97. The van der Waals surface area contributed by atoms with Crippen LogP contribution in [-0.2, 0) is 24.3 Å². The van der Waals surface area contributed by atoms with Gasteiger partial charge in [-0.2, -0.15) is 0 Å². The Hall–Kier alpha value is -3.60. The number of benzene rings is 3. The largest absolute Gasteiger partial charge is 0.483 e. The van der Waals surface area contributed by atoms with Crippen molar-refractivity contribution in [1.29, 1.82) is 0 Å². The molecule has 0 fully saturated rings. The third kappa shape index (κ3) is 5.35. The van der Waals surface area contributed by atoms with Crippen LogP contribution in [0.1, 0.15) is 28.9 Å². The molecule has 0 bridgehead atoms. The first kappa shape index (κ1) is 21.6. The number of amides is 1. The Labute approximate surface area is 189 Å². The van der Waals surface area contributed by atoms with E-state index in [2.05, 4.69) is 40.2 Å². The highest BCUT2D eigenvalue weighted by Crippen LogP contribution is 2.19. The van der Waals surface area contributed by atoms with Crippen molar-refractivity contribution in [2.75, 3.05) is 6.61 Å². The molecule has 32 heavy (non-hydrogen) atoms. The maximum atomic E-state index is 12.4. The van der Waals surface area contributed by atoms with Crippen LogP contribution >= 0.6 is 0 Å². The van der Waals surface area contributed by atoms with Crippen molar-refractivity contribution in [2.45, 2.75) is 39.8 Å². The lowest BCUT2D eigenvalue weighted by Gasteiger charge is -2.12. The Morgan fingerprint density at radius 1 is 1.00 bits per heavy atom. The van der Waals surface area contributed by atoms with Crippen molar-refractivity contribution >= 4 is 16.9 Å². The van der Waals surface area contributed by atoms with Crippen molar-refractivity contribution in [1.82, 2.24) is 14.9 Å². The van der Waals surface area contributed by atoms with E-state index in [9.17, 15) is 4.79 Å². The number of para-hydroxylation sites is 2. The number of nitrogens with zero attached hydrogens (tertiary/aromatic N) is 2. The summed E-state index contributed by atoms with van der Waals surface area (Å²) in [4.78, 5) is 17.2. The standard InChI is InChI=1S/C27H29N3O2/c1-20-14-15-21(2)25(17-20)32-19-27(31)28-18-26-29-23-12-6-7-13-24(23)30(26)16-8-11-22-9-4-3-5-10-22/h3-7,9-10,12-15,17H,8,11,16,18-19H2,1-2H3,(H,28,31). The normalized spacial score (nSPS) is 10.9. The Balaban J connectivity index is 1.39. The summed E-state index contributed by atoms with van der Waals surface area (Å²) in [6, 6.07) is 24.6. The summed E-state index contributed by atoms with van der Waals surface area (Å²) in [6.07, 6.45) is 2.00. The molecule has 4 rings (SSSR count). The summed E-state index contributed by atoms with van der Waals surface area (Å²) in [5.41, 5.74) is 5.49. The molecular formula is C27H29N3O2. The van der Waals surface area contributed by atoms with Crippen LogP contribution in [-0.4, -0.2) is 22.1 Å². The molecule has 1 amide bonds. The van der Waals surface area contributed by atoms with E-state index in [0.717, 1.165) is 53.1 Å². The number of hydrogen-bond donors (Lipinski definition) is 1. The molecular weight excluding hydrogens is 398 g/mol. The second-order valence-corrected chi connectivity index (χ2v) is 8.09. The molecule has 1 aromatic heterocycles. The van der Waals surface area contributed by atoms with Crippen LogP contribution in [0.4, 0.5) is 0 Å². The predicted octanol–water partition coefficient (Wildman–Crippen LogP) is 4.98. The zero-order valence-electron chi connectivity index (χ0n) is 18.7. The van der Waals surface area contributed by atoms with Crippen LogP contribution in [0.2, 0.25) is 0 Å². The third-order valence-corrected chi connectivity index (χ3v) is 5.57. The number of fused-ring (bicyclic) bond motifs is 1. The fourth-order valence-corrected chi connectivity index (χ4v) is 3.83. The van der Waals surface area contributed by atoms with Crippen LogP contribution < -0.4 is 10.1 Å². The summed E-state index contributed by atoms with van der Waals surface area (Å²) in [6.45, 7) is 5.19. The number of rotatable bonds is 9. The van der Waals surface area contributed by atoms with Crippen molar-refractivity contribution in [3.05, 3.63) is 95.3 Å². The molecule has 1 heterocycles. The number of imidazole rings is 1. The molecule has 0 aliphatic rings. The molecule has 0 radical (unpaired) electrons. The molecule has 0 saturated heterocycles. The number of aryl methyl sites for hydroxylation is 4. The molecule has 0 saturated carbocycles. The van der Waals surface area contributed by atoms with E-state index in [1.54, 1.807) is 0 Å². The average Bonchev–Trinajstić information content (AvgIpc) is 3.16. The minimum atomic E-state index is -0.159. The third-order valence-electron chi connectivity index (χ3n) is 5.57. The van der Waals surface area contributed by atoms with Crippen LogP contribution in [0.3, 0.4) is 0 Å². The Morgan fingerprint density at radius 2 is 1.78 bits per heavy atom. The molecule has 5 nitrogen and oxygen atoms in total. The number of carbonyl (C=O) groups excluding carboxylic acids is 1. The lowest BCUT2D eigenvalue weighted by Crippen LogP contribution is -2.29. The van der Waals surface area contributed by atoms with Gasteiger partial charge in [-0.05, 0) is 61.6 Å². The summed E-state index contributed by atoms with van der Waals surface area (Å²) in [5.74, 6) is 1.45. The van der Waals surface area contributed by atoms with Crippen molar-refractivity contribution in [3.8, 4) is 5.75 Å². The monoisotopic (exact) mass is 427 g/mol. The first-order chi connectivity index (χ1) is 15.6. The number of carbonyl (C=O) groups is 1. The molecule has 0 spiro atoms. The maximum absolute atomic E-state index is 12.4. The van der Waals surface area contributed by atoms with E-state index in [-0.39, 0.29) is 12.5 Å². The van der Waals surface area contributed by atoms with Gasteiger partial charge in [0.1, 0.15) is 11.6 Å². The van der Waals surface area contributed by atoms with E-state index in [1.165, 1.54) is 5.56 Å². The topological polar surface area (TPSA) is 56.1 Å². The van der Waals surface area contributed by atoms with Crippen molar-refractivity contribution in [2.24, 2.45) is 0 Å². The smallest absolute Gasteiger partial charge is 0.258 e. The fraction of sp³-hybridized carbons (Fsp3) is 0.259. The van der Waals surface area contributed by atoms with Crippen molar-refractivity contribution in [3.63, 3.8) is 0 Å². The van der Waals surface area contributed by atoms with Crippen molar-refractivity contribution < 1.29 is 9.53 Å². The van der Waals surface area contributed by atoms with Gasteiger partial charge in [-0.25, -0.2) is 4.98 Å². The average molecular weight is 428 g/mol. The van der Waals surface area contributed by atoms with Gasteiger partial charge < -0.3 is 14.6 Å².